The SMILES string of the molecule is COCC(C)N(C)CC/C(N)=N/O. The van der Waals surface area contributed by atoms with E-state index in [1.54, 1.807) is 7.11 Å². The molecule has 0 heterocycles. The average molecular weight is 189 g/mol. The van der Waals surface area contributed by atoms with Gasteiger partial charge in [0.25, 0.3) is 0 Å². The van der Waals surface area contributed by atoms with Crippen molar-refractivity contribution >= 4 is 5.84 Å². The van der Waals surface area contributed by atoms with Crippen LogP contribution in [-0.4, -0.2) is 49.3 Å². The third-order valence-electron chi connectivity index (χ3n) is 2.01. The van der Waals surface area contributed by atoms with Crippen molar-refractivity contribution in [3.05, 3.63) is 0 Å². The summed E-state index contributed by atoms with van der Waals surface area (Å²) in [6.45, 7) is 3.52. The molecule has 1 atom stereocenters. The van der Waals surface area contributed by atoms with Gasteiger partial charge in [0.15, 0.2) is 0 Å². The van der Waals surface area contributed by atoms with Gasteiger partial charge in [-0.15, -0.1) is 0 Å². The van der Waals surface area contributed by atoms with Crippen molar-refractivity contribution in [1.29, 1.82) is 0 Å². The number of oxime groups is 1. The van der Waals surface area contributed by atoms with E-state index in [-0.39, 0.29) is 5.84 Å². The Labute approximate surface area is 79.2 Å². The molecule has 0 rings (SSSR count). The van der Waals surface area contributed by atoms with Crippen LogP contribution in [0.1, 0.15) is 13.3 Å². The van der Waals surface area contributed by atoms with Crippen LogP contribution in [0.25, 0.3) is 0 Å². The van der Waals surface area contributed by atoms with Crippen molar-refractivity contribution in [1.82, 2.24) is 4.90 Å². The van der Waals surface area contributed by atoms with Gasteiger partial charge in [0, 0.05) is 26.1 Å². The molecule has 0 aromatic heterocycles. The number of hydrogen-bond donors (Lipinski definition) is 2. The molecule has 1 unspecified atom stereocenters. The maximum atomic E-state index is 8.31. The lowest BCUT2D eigenvalue weighted by molar-refractivity contribution is 0.117. The number of hydrogen-bond acceptors (Lipinski definition) is 4. The van der Waals surface area contributed by atoms with Crippen molar-refractivity contribution in [2.45, 2.75) is 19.4 Å². The average Bonchev–Trinajstić information content (AvgIpc) is 2.13. The molecule has 0 aliphatic carbocycles. The predicted octanol–water partition coefficient (Wildman–Crippen LogP) is 0.0896. The molecule has 0 saturated heterocycles. The predicted molar refractivity (Wildman–Crippen MR) is 52.0 cm³/mol. The van der Waals surface area contributed by atoms with Crippen LogP contribution in [0.15, 0.2) is 5.16 Å². The van der Waals surface area contributed by atoms with Gasteiger partial charge >= 0.3 is 0 Å². The van der Waals surface area contributed by atoms with E-state index >= 15 is 0 Å². The van der Waals surface area contributed by atoms with Gasteiger partial charge in [0.05, 0.1) is 6.61 Å². The Balaban J connectivity index is 3.66. The molecule has 0 spiro atoms. The molecule has 5 heteroatoms. The summed E-state index contributed by atoms with van der Waals surface area (Å²) in [5.74, 6) is 0.261. The molecule has 3 N–H and O–H groups in total. The molecule has 13 heavy (non-hydrogen) atoms. The number of methoxy groups -OCH3 is 1. The van der Waals surface area contributed by atoms with Crippen LogP contribution in [0.5, 0.6) is 0 Å². The second-order valence-corrected chi connectivity index (χ2v) is 3.13. The van der Waals surface area contributed by atoms with Gasteiger partial charge in [-0.2, -0.15) is 0 Å². The number of rotatable bonds is 6. The number of amidine groups is 1. The molecule has 0 fully saturated rings. The Hall–Kier alpha value is -0.810. The van der Waals surface area contributed by atoms with Crippen molar-refractivity contribution in [3.63, 3.8) is 0 Å². The van der Waals surface area contributed by atoms with E-state index in [9.17, 15) is 0 Å². The number of likely N-dealkylation sites (N-methyl/N-ethyl adjacent to an activating group) is 1. The van der Waals surface area contributed by atoms with Gasteiger partial charge in [-0.25, -0.2) is 0 Å². The molecular formula is C8H19N3O2. The summed E-state index contributed by atoms with van der Waals surface area (Å²) in [5.41, 5.74) is 5.34. The zero-order valence-electron chi connectivity index (χ0n) is 8.53. The quantitative estimate of drug-likeness (QED) is 0.269. The third-order valence-corrected chi connectivity index (χ3v) is 2.01. The van der Waals surface area contributed by atoms with Crippen LogP contribution in [0, 0.1) is 0 Å². The highest BCUT2D eigenvalue weighted by Crippen LogP contribution is 1.97. The van der Waals surface area contributed by atoms with Crippen LogP contribution in [0.3, 0.4) is 0 Å². The van der Waals surface area contributed by atoms with Crippen LogP contribution < -0.4 is 5.73 Å². The smallest absolute Gasteiger partial charge is 0.140 e. The summed E-state index contributed by atoms with van der Waals surface area (Å²) >= 11 is 0. The first-order chi connectivity index (χ1) is 6.11. The molecule has 0 aromatic carbocycles. The fourth-order valence-electron chi connectivity index (χ4n) is 0.930. The lowest BCUT2D eigenvalue weighted by atomic mass is 10.3. The molecule has 5 nitrogen and oxygen atoms in total. The second kappa shape index (κ2) is 6.68. The van der Waals surface area contributed by atoms with Crippen molar-refractivity contribution in [2.24, 2.45) is 10.9 Å². The minimum Gasteiger partial charge on any atom is -0.409 e. The molecule has 0 amide bonds. The molecule has 0 aliphatic heterocycles. The van der Waals surface area contributed by atoms with Crippen LogP contribution >= 0.6 is 0 Å². The maximum Gasteiger partial charge on any atom is 0.140 e. The molecule has 0 saturated carbocycles. The number of nitrogens with zero attached hydrogens (tertiary/aromatic N) is 2. The lowest BCUT2D eigenvalue weighted by Crippen LogP contribution is -2.35. The van der Waals surface area contributed by atoms with Gasteiger partial charge in [-0.05, 0) is 14.0 Å². The maximum absolute atomic E-state index is 8.31. The Morgan fingerprint density at radius 3 is 2.77 bits per heavy atom. The highest BCUT2D eigenvalue weighted by molar-refractivity contribution is 5.79. The first kappa shape index (κ1) is 12.2. The minimum absolute atomic E-state index is 0.261. The Kier molecular flexibility index (Phi) is 6.26. The van der Waals surface area contributed by atoms with Crippen LogP contribution in [0.4, 0.5) is 0 Å². The Bertz CT molecular complexity index is 161. The van der Waals surface area contributed by atoms with Gasteiger partial charge in [0.1, 0.15) is 5.84 Å². The highest BCUT2D eigenvalue weighted by atomic mass is 16.5. The van der Waals surface area contributed by atoms with Crippen molar-refractivity contribution in [3.8, 4) is 0 Å². The van der Waals surface area contributed by atoms with Gasteiger partial charge in [-0.3, -0.25) is 0 Å². The fraction of sp³-hybridized carbons (Fsp3) is 0.875. The van der Waals surface area contributed by atoms with E-state index in [0.717, 1.165) is 6.54 Å². The Morgan fingerprint density at radius 1 is 1.69 bits per heavy atom. The zero-order valence-corrected chi connectivity index (χ0v) is 8.53. The van der Waals surface area contributed by atoms with Crippen LogP contribution in [0.2, 0.25) is 0 Å². The standard InChI is InChI=1S/C8H19N3O2/c1-7(6-13-3)11(2)5-4-8(9)10-12/h7,12H,4-6H2,1-3H3,(H2,9,10). The minimum atomic E-state index is 0.261. The summed E-state index contributed by atoms with van der Waals surface area (Å²) in [7, 11) is 3.65. The highest BCUT2D eigenvalue weighted by Gasteiger charge is 2.08. The van der Waals surface area contributed by atoms with E-state index in [0.29, 0.717) is 19.1 Å². The van der Waals surface area contributed by atoms with Gasteiger partial charge in [-0.1, -0.05) is 5.16 Å². The lowest BCUT2D eigenvalue weighted by Gasteiger charge is -2.23. The summed E-state index contributed by atoms with van der Waals surface area (Å²) < 4.78 is 5.01. The largest absolute Gasteiger partial charge is 0.409 e. The monoisotopic (exact) mass is 189 g/mol. The third kappa shape index (κ3) is 5.43. The zero-order chi connectivity index (χ0) is 10.3. The van der Waals surface area contributed by atoms with Crippen molar-refractivity contribution < 1.29 is 9.94 Å². The number of nitrogens with two attached hydrogens (primary N) is 1. The van der Waals surface area contributed by atoms with E-state index < -0.39 is 0 Å². The van der Waals surface area contributed by atoms with Gasteiger partial charge in [0.2, 0.25) is 0 Å². The van der Waals surface area contributed by atoms with E-state index in [1.165, 1.54) is 0 Å². The van der Waals surface area contributed by atoms with Crippen LogP contribution in [-0.2, 0) is 4.74 Å². The molecular weight excluding hydrogens is 170 g/mol. The summed E-state index contributed by atoms with van der Waals surface area (Å²) in [5, 5.41) is 11.2. The molecule has 0 aliphatic rings. The molecule has 0 bridgehead atoms. The van der Waals surface area contributed by atoms with E-state index in [2.05, 4.69) is 17.0 Å². The van der Waals surface area contributed by atoms with Gasteiger partial charge < -0.3 is 20.6 Å². The second-order valence-electron chi connectivity index (χ2n) is 3.13. The van der Waals surface area contributed by atoms with E-state index in [1.807, 2.05) is 7.05 Å². The topological polar surface area (TPSA) is 71.1 Å². The van der Waals surface area contributed by atoms with E-state index in [4.69, 9.17) is 15.7 Å². The first-order valence-corrected chi connectivity index (χ1v) is 4.27. The number of ether oxygens (including phenoxy) is 1. The van der Waals surface area contributed by atoms with Crippen molar-refractivity contribution in [2.75, 3.05) is 27.3 Å². The normalized spacial score (nSPS) is 14.9. The fourth-order valence-corrected chi connectivity index (χ4v) is 0.930. The Morgan fingerprint density at radius 2 is 2.31 bits per heavy atom. The first-order valence-electron chi connectivity index (χ1n) is 4.27. The summed E-state index contributed by atoms with van der Waals surface area (Å²) in [6.07, 6.45) is 0.570. The molecule has 78 valence electrons. The summed E-state index contributed by atoms with van der Waals surface area (Å²) in [6, 6.07) is 0.344. The molecule has 0 radical (unpaired) electrons. The summed E-state index contributed by atoms with van der Waals surface area (Å²) in [4.78, 5) is 2.10. The molecule has 0 aromatic rings.